The largest absolute Gasteiger partial charge is 0.478 e. The Balaban J connectivity index is 1.85. The first-order valence-corrected chi connectivity index (χ1v) is 7.56. The van der Waals surface area contributed by atoms with E-state index in [-0.39, 0.29) is 10.6 Å². The number of carboxylic acid groups (broad SMARTS) is 1. The van der Waals surface area contributed by atoms with Crippen molar-refractivity contribution >= 4 is 23.4 Å². The van der Waals surface area contributed by atoms with Gasteiger partial charge in [0, 0.05) is 12.7 Å². The predicted molar refractivity (Wildman–Crippen MR) is 80.4 cm³/mol. The van der Waals surface area contributed by atoms with Gasteiger partial charge < -0.3 is 10.4 Å². The molecule has 0 bridgehead atoms. The summed E-state index contributed by atoms with van der Waals surface area (Å²) >= 11 is 5.79. The Kier molecular flexibility index (Phi) is 5.24. The molecule has 1 aliphatic rings. The van der Waals surface area contributed by atoms with Crippen LogP contribution in [-0.4, -0.2) is 22.6 Å². The fourth-order valence-electron chi connectivity index (χ4n) is 2.93. The molecule has 1 fully saturated rings. The number of carbonyl (C=O) groups is 1. The van der Waals surface area contributed by atoms with E-state index in [1.54, 1.807) is 0 Å². The zero-order chi connectivity index (χ0) is 14.5. The molecule has 110 valence electrons. The Labute approximate surface area is 124 Å². The second-order valence-electron chi connectivity index (χ2n) is 5.71. The number of halogens is 1. The van der Waals surface area contributed by atoms with E-state index >= 15 is 0 Å². The first kappa shape index (κ1) is 15.1. The summed E-state index contributed by atoms with van der Waals surface area (Å²) in [7, 11) is 0. The first-order valence-electron chi connectivity index (χ1n) is 7.19. The molecule has 20 heavy (non-hydrogen) atoms. The van der Waals surface area contributed by atoms with Gasteiger partial charge in [-0.05, 0) is 30.7 Å². The lowest BCUT2D eigenvalue weighted by atomic mass is 9.81. The molecule has 5 heteroatoms. The highest BCUT2D eigenvalue weighted by Crippen LogP contribution is 2.30. The maximum atomic E-state index is 11.0. The molecule has 1 saturated carbocycles. The Morgan fingerprint density at radius 2 is 2.35 bits per heavy atom. The molecular formula is C15H21ClN2O2. The van der Waals surface area contributed by atoms with Gasteiger partial charge in [-0.15, -0.1) is 0 Å². The van der Waals surface area contributed by atoms with Crippen LogP contribution in [0.5, 0.6) is 0 Å². The molecule has 0 aliphatic heterocycles. The van der Waals surface area contributed by atoms with Gasteiger partial charge in [-0.1, -0.05) is 37.8 Å². The van der Waals surface area contributed by atoms with Crippen LogP contribution in [0.3, 0.4) is 0 Å². The normalized spacial score (nSPS) is 22.5. The van der Waals surface area contributed by atoms with Gasteiger partial charge in [-0.25, -0.2) is 9.78 Å². The zero-order valence-corrected chi connectivity index (χ0v) is 12.5. The molecule has 2 rings (SSSR count). The fourth-order valence-corrected chi connectivity index (χ4v) is 3.11. The molecule has 0 radical (unpaired) electrons. The molecule has 1 heterocycles. The monoisotopic (exact) mass is 296 g/mol. The number of hydrogen-bond acceptors (Lipinski definition) is 3. The van der Waals surface area contributed by atoms with Gasteiger partial charge in [0.25, 0.3) is 0 Å². The van der Waals surface area contributed by atoms with Crippen molar-refractivity contribution in [3.8, 4) is 0 Å². The van der Waals surface area contributed by atoms with Crippen molar-refractivity contribution in [3.05, 3.63) is 22.8 Å². The molecule has 0 aromatic carbocycles. The number of rotatable bonds is 5. The van der Waals surface area contributed by atoms with Crippen LogP contribution in [-0.2, 0) is 0 Å². The third-order valence-corrected chi connectivity index (χ3v) is 4.29. The van der Waals surface area contributed by atoms with E-state index in [1.807, 2.05) is 0 Å². The quantitative estimate of drug-likeness (QED) is 0.860. The second-order valence-corrected chi connectivity index (χ2v) is 6.11. The van der Waals surface area contributed by atoms with E-state index in [2.05, 4.69) is 17.2 Å². The van der Waals surface area contributed by atoms with Crippen LogP contribution in [0.1, 0.15) is 49.4 Å². The first-order chi connectivity index (χ1) is 9.56. The van der Waals surface area contributed by atoms with Crippen molar-refractivity contribution in [2.45, 2.75) is 39.0 Å². The van der Waals surface area contributed by atoms with Crippen LogP contribution >= 0.6 is 11.6 Å². The Morgan fingerprint density at radius 1 is 1.55 bits per heavy atom. The number of pyridine rings is 1. The highest BCUT2D eigenvalue weighted by atomic mass is 35.5. The van der Waals surface area contributed by atoms with E-state index in [4.69, 9.17) is 16.7 Å². The lowest BCUT2D eigenvalue weighted by Gasteiger charge is -2.26. The van der Waals surface area contributed by atoms with E-state index in [9.17, 15) is 4.79 Å². The molecule has 2 unspecified atom stereocenters. The van der Waals surface area contributed by atoms with Gasteiger partial charge in [0.15, 0.2) is 0 Å². The molecule has 1 aromatic heterocycles. The Hall–Kier alpha value is -1.29. The minimum atomic E-state index is -1.03. The molecule has 1 aliphatic carbocycles. The number of hydrogen-bond donors (Lipinski definition) is 2. The molecule has 0 spiro atoms. The van der Waals surface area contributed by atoms with Crippen LogP contribution < -0.4 is 5.32 Å². The van der Waals surface area contributed by atoms with Crippen molar-refractivity contribution < 1.29 is 9.90 Å². The Morgan fingerprint density at radius 3 is 3.05 bits per heavy atom. The summed E-state index contributed by atoms with van der Waals surface area (Å²) < 4.78 is 0. The molecule has 1 aromatic rings. The summed E-state index contributed by atoms with van der Waals surface area (Å²) in [6.07, 6.45) is 7.78. The lowest BCUT2D eigenvalue weighted by Crippen LogP contribution is -2.17. The number of nitrogens with one attached hydrogen (secondary N) is 1. The van der Waals surface area contributed by atoms with Gasteiger partial charge in [0.05, 0.1) is 10.6 Å². The summed E-state index contributed by atoms with van der Waals surface area (Å²) in [6, 6.07) is 1.49. The van der Waals surface area contributed by atoms with Crippen LogP contribution in [0.2, 0.25) is 5.02 Å². The van der Waals surface area contributed by atoms with Gasteiger partial charge in [-0.3, -0.25) is 0 Å². The van der Waals surface area contributed by atoms with E-state index in [0.29, 0.717) is 5.82 Å². The molecule has 0 amide bonds. The Bertz CT molecular complexity index is 479. The third kappa shape index (κ3) is 4.10. The van der Waals surface area contributed by atoms with Crippen LogP contribution in [0.25, 0.3) is 0 Å². The standard InChI is InChI=1S/C15H21ClN2O2/c1-10-3-2-4-11(7-10)5-6-17-14-8-12(15(19)20)13(16)9-18-14/h8-11H,2-7H2,1H3,(H,17,18)(H,19,20). The molecule has 0 saturated heterocycles. The van der Waals surface area contributed by atoms with Gasteiger partial charge in [0.1, 0.15) is 5.82 Å². The van der Waals surface area contributed by atoms with Crippen LogP contribution in [0.4, 0.5) is 5.82 Å². The predicted octanol–water partition coefficient (Wildman–Crippen LogP) is 4.06. The highest BCUT2D eigenvalue weighted by Gasteiger charge is 2.18. The zero-order valence-electron chi connectivity index (χ0n) is 11.7. The summed E-state index contributed by atoms with van der Waals surface area (Å²) in [5.41, 5.74) is 0.0930. The summed E-state index contributed by atoms with van der Waals surface area (Å²) in [5, 5.41) is 12.4. The van der Waals surface area contributed by atoms with E-state index in [0.717, 1.165) is 24.8 Å². The summed E-state index contributed by atoms with van der Waals surface area (Å²) in [5.74, 6) is 1.16. The number of carboxylic acids is 1. The minimum absolute atomic E-state index is 0.0930. The maximum absolute atomic E-state index is 11.0. The number of aromatic nitrogens is 1. The third-order valence-electron chi connectivity index (χ3n) is 3.99. The number of aromatic carboxylic acids is 1. The van der Waals surface area contributed by atoms with Crippen molar-refractivity contribution in [3.63, 3.8) is 0 Å². The minimum Gasteiger partial charge on any atom is -0.478 e. The SMILES string of the molecule is CC1CCCC(CCNc2cc(C(=O)O)c(Cl)cn2)C1. The van der Waals surface area contributed by atoms with Crippen molar-refractivity contribution in [2.75, 3.05) is 11.9 Å². The number of nitrogens with zero attached hydrogens (tertiary/aromatic N) is 1. The molecule has 2 atom stereocenters. The molecular weight excluding hydrogens is 276 g/mol. The highest BCUT2D eigenvalue weighted by molar-refractivity contribution is 6.33. The fraction of sp³-hybridized carbons (Fsp3) is 0.600. The maximum Gasteiger partial charge on any atom is 0.337 e. The average Bonchev–Trinajstić information content (AvgIpc) is 2.40. The van der Waals surface area contributed by atoms with E-state index in [1.165, 1.54) is 37.9 Å². The van der Waals surface area contributed by atoms with Gasteiger partial charge >= 0.3 is 5.97 Å². The van der Waals surface area contributed by atoms with Gasteiger partial charge in [0.2, 0.25) is 0 Å². The van der Waals surface area contributed by atoms with Crippen LogP contribution in [0.15, 0.2) is 12.3 Å². The average molecular weight is 297 g/mol. The van der Waals surface area contributed by atoms with Crippen molar-refractivity contribution in [1.82, 2.24) is 4.98 Å². The van der Waals surface area contributed by atoms with Crippen molar-refractivity contribution in [1.29, 1.82) is 0 Å². The van der Waals surface area contributed by atoms with Crippen molar-refractivity contribution in [2.24, 2.45) is 11.8 Å². The summed E-state index contributed by atoms with van der Waals surface area (Å²) in [6.45, 7) is 3.14. The summed E-state index contributed by atoms with van der Waals surface area (Å²) in [4.78, 5) is 15.1. The number of anilines is 1. The van der Waals surface area contributed by atoms with Gasteiger partial charge in [-0.2, -0.15) is 0 Å². The van der Waals surface area contributed by atoms with E-state index < -0.39 is 5.97 Å². The lowest BCUT2D eigenvalue weighted by molar-refractivity contribution is 0.0697. The molecule has 2 N–H and O–H groups in total. The topological polar surface area (TPSA) is 62.2 Å². The second kappa shape index (κ2) is 6.93. The van der Waals surface area contributed by atoms with Crippen LogP contribution in [0, 0.1) is 11.8 Å². The molecule has 4 nitrogen and oxygen atoms in total. The smallest absolute Gasteiger partial charge is 0.337 e.